The first-order valence-electron chi connectivity index (χ1n) is 17.7. The van der Waals surface area contributed by atoms with Crippen LogP contribution in [0, 0.1) is 50.2 Å². The first-order valence-corrected chi connectivity index (χ1v) is 17.7. The zero-order chi connectivity index (χ0) is 33.0. The summed E-state index contributed by atoms with van der Waals surface area (Å²) < 4.78 is 17.8. The minimum atomic E-state index is -1.44. The summed E-state index contributed by atoms with van der Waals surface area (Å²) in [5.74, 6) is 1.10. The normalized spacial score (nSPS) is 51.9. The summed E-state index contributed by atoms with van der Waals surface area (Å²) in [6.07, 6.45) is 5.98. The second kappa shape index (κ2) is 11.0. The summed E-state index contributed by atoms with van der Waals surface area (Å²) in [5.41, 5.74) is 1.32. The fraction of sp³-hybridized carbons (Fsp3) is 0.919. The van der Waals surface area contributed by atoms with Crippen molar-refractivity contribution in [1.82, 2.24) is 0 Å². The van der Waals surface area contributed by atoms with Crippen LogP contribution in [0.4, 0.5) is 0 Å². The van der Waals surface area contributed by atoms with Crippen molar-refractivity contribution in [2.75, 3.05) is 13.7 Å². The molecular formula is C37H60O8. The molecule has 8 heteroatoms. The lowest BCUT2D eigenvalue weighted by Gasteiger charge is -2.71. The fourth-order valence-corrected chi connectivity index (χ4v) is 12.4. The topological polar surface area (TPSA) is 126 Å². The Bertz CT molecular complexity index is 1190. The number of hydrogen-bond donors (Lipinski definition) is 4. The summed E-state index contributed by atoms with van der Waals surface area (Å²) in [6, 6.07) is 0. The Labute approximate surface area is 270 Å². The van der Waals surface area contributed by atoms with E-state index in [9.17, 15) is 25.2 Å². The van der Waals surface area contributed by atoms with Crippen molar-refractivity contribution in [3.63, 3.8) is 0 Å². The minimum absolute atomic E-state index is 0.00614. The Morgan fingerprint density at radius 2 is 1.58 bits per heavy atom. The van der Waals surface area contributed by atoms with Gasteiger partial charge in [0.05, 0.1) is 25.2 Å². The molecule has 0 aromatic carbocycles. The van der Waals surface area contributed by atoms with Gasteiger partial charge in [-0.25, -0.2) is 0 Å². The Kier molecular flexibility index (Phi) is 8.27. The highest BCUT2D eigenvalue weighted by Crippen LogP contribution is 2.76. The molecule has 0 amide bonds. The molecule has 5 fully saturated rings. The van der Waals surface area contributed by atoms with E-state index in [-0.39, 0.29) is 45.1 Å². The molecule has 0 aromatic rings. The lowest BCUT2D eigenvalue weighted by molar-refractivity contribution is -0.330. The van der Waals surface area contributed by atoms with E-state index >= 15 is 0 Å². The van der Waals surface area contributed by atoms with Gasteiger partial charge in [0.2, 0.25) is 0 Å². The summed E-state index contributed by atoms with van der Waals surface area (Å²) in [6.45, 7) is 16.4. The number of rotatable bonds is 4. The summed E-state index contributed by atoms with van der Waals surface area (Å²) >= 11 is 0. The van der Waals surface area contributed by atoms with Crippen molar-refractivity contribution in [3.8, 4) is 0 Å². The molecule has 0 aromatic heterocycles. The molecule has 0 unspecified atom stereocenters. The van der Waals surface area contributed by atoms with Crippen LogP contribution < -0.4 is 0 Å². The summed E-state index contributed by atoms with van der Waals surface area (Å²) in [5, 5.41) is 41.1. The summed E-state index contributed by atoms with van der Waals surface area (Å²) in [7, 11) is 1.57. The number of allylic oxidation sites excluding steroid dienone is 2. The molecule has 0 radical (unpaired) electrons. The van der Waals surface area contributed by atoms with Gasteiger partial charge in [-0.05, 0) is 109 Å². The highest BCUT2D eigenvalue weighted by Gasteiger charge is 2.69. The number of fused-ring (bicyclic) bond motifs is 7. The van der Waals surface area contributed by atoms with Crippen molar-refractivity contribution in [3.05, 3.63) is 11.6 Å². The Balaban J connectivity index is 1.29. The van der Waals surface area contributed by atoms with Gasteiger partial charge in [-0.1, -0.05) is 60.1 Å². The number of carbonyl (C=O) groups excluding carboxylic acids is 1. The predicted molar refractivity (Wildman–Crippen MR) is 170 cm³/mol. The van der Waals surface area contributed by atoms with Gasteiger partial charge in [-0.15, -0.1) is 0 Å². The van der Waals surface area contributed by atoms with Crippen molar-refractivity contribution in [1.29, 1.82) is 0 Å². The molecule has 6 rings (SSSR count). The third-order valence-electron chi connectivity index (χ3n) is 15.3. The first-order chi connectivity index (χ1) is 20.9. The van der Waals surface area contributed by atoms with Crippen LogP contribution in [0.3, 0.4) is 0 Å². The molecule has 5 aliphatic carbocycles. The Morgan fingerprint density at radius 3 is 2.24 bits per heavy atom. The van der Waals surface area contributed by atoms with Crippen LogP contribution in [0.5, 0.6) is 0 Å². The number of hydrogen-bond acceptors (Lipinski definition) is 8. The largest absolute Gasteiger partial charge is 0.469 e. The van der Waals surface area contributed by atoms with Crippen molar-refractivity contribution in [2.45, 2.75) is 149 Å². The molecule has 4 N–H and O–H groups in total. The summed E-state index contributed by atoms with van der Waals surface area (Å²) in [4.78, 5) is 13.5. The molecular weight excluding hydrogens is 572 g/mol. The number of ether oxygens (including phenoxy) is 3. The third kappa shape index (κ3) is 4.69. The predicted octanol–water partition coefficient (Wildman–Crippen LogP) is 5.15. The van der Waals surface area contributed by atoms with Crippen LogP contribution in [0.1, 0.15) is 113 Å². The highest BCUT2D eigenvalue weighted by molar-refractivity contribution is 5.78. The zero-order valence-corrected chi connectivity index (χ0v) is 29.0. The maximum Gasteiger partial charge on any atom is 0.312 e. The molecule has 1 heterocycles. The van der Waals surface area contributed by atoms with Gasteiger partial charge in [0.15, 0.2) is 6.29 Å². The quantitative estimate of drug-likeness (QED) is 0.191. The Hall–Kier alpha value is -1.03. The lowest BCUT2D eigenvalue weighted by Crippen LogP contribution is -2.66. The maximum atomic E-state index is 13.5. The van der Waals surface area contributed by atoms with Gasteiger partial charge in [-0.3, -0.25) is 4.79 Å². The van der Waals surface area contributed by atoms with Gasteiger partial charge in [0, 0.05) is 0 Å². The van der Waals surface area contributed by atoms with Crippen molar-refractivity contribution < 1.29 is 39.4 Å². The molecule has 0 bridgehead atoms. The monoisotopic (exact) mass is 632 g/mol. The van der Waals surface area contributed by atoms with Gasteiger partial charge < -0.3 is 34.6 Å². The van der Waals surface area contributed by atoms with Crippen LogP contribution in [-0.2, 0) is 19.0 Å². The van der Waals surface area contributed by atoms with E-state index in [1.54, 1.807) is 7.11 Å². The maximum absolute atomic E-state index is 13.5. The average Bonchev–Trinajstić information content (AvgIpc) is 2.98. The molecule has 13 atom stereocenters. The van der Waals surface area contributed by atoms with Crippen LogP contribution in [0.2, 0.25) is 0 Å². The average molecular weight is 633 g/mol. The SMILES string of the molecule is COC(=O)[C@]12CCC(C)(C)C[C@H]1C1=CC[C@@H]3[C@@]4(C)CC[C@H](O[C@@H]5O[C@H](CO)[C@H](O)[C@H](O)[C@H]5O)C(C)(C)[C@@H]4CC[C@@]3(C)[C@]1(C)CC2. The fourth-order valence-electron chi connectivity index (χ4n) is 12.4. The molecule has 45 heavy (non-hydrogen) atoms. The van der Waals surface area contributed by atoms with Crippen molar-refractivity contribution in [2.24, 2.45) is 50.2 Å². The van der Waals surface area contributed by atoms with E-state index < -0.39 is 42.7 Å². The highest BCUT2D eigenvalue weighted by atomic mass is 16.7. The number of aliphatic hydroxyl groups excluding tert-OH is 4. The van der Waals surface area contributed by atoms with Gasteiger partial charge in [0.25, 0.3) is 0 Å². The standard InChI is InChI=1S/C37H60O8/c1-32(2)15-17-37(31(42)43-8)18-16-35(6)21(22(37)19-32)9-10-25-34(5)13-12-26(33(3,4)24(34)11-14-36(25,35)7)45-30-29(41)28(40)27(39)23(20-38)44-30/h9,22-30,38-41H,10-20H2,1-8H3/t22-,23+,24-,25+,26-,27-,28-,29+,30-,34-,35+,36+,37-/m0/s1. The number of esters is 1. The van der Waals surface area contributed by atoms with Crippen LogP contribution in [0.25, 0.3) is 0 Å². The smallest absolute Gasteiger partial charge is 0.312 e. The van der Waals surface area contributed by atoms with Gasteiger partial charge >= 0.3 is 5.97 Å². The second-order valence-corrected chi connectivity index (χ2v) is 18.0. The third-order valence-corrected chi connectivity index (χ3v) is 15.3. The van der Waals surface area contributed by atoms with E-state index in [0.29, 0.717) is 11.8 Å². The molecule has 256 valence electrons. The molecule has 4 saturated carbocycles. The molecule has 6 aliphatic rings. The second-order valence-electron chi connectivity index (χ2n) is 18.0. The number of methoxy groups -OCH3 is 1. The Morgan fingerprint density at radius 1 is 0.889 bits per heavy atom. The van der Waals surface area contributed by atoms with Crippen LogP contribution in [-0.4, -0.2) is 76.9 Å². The van der Waals surface area contributed by atoms with Crippen LogP contribution >= 0.6 is 0 Å². The molecule has 1 aliphatic heterocycles. The van der Waals surface area contributed by atoms with Gasteiger partial charge in [0.1, 0.15) is 24.4 Å². The first kappa shape index (κ1) is 33.9. The lowest BCUT2D eigenvalue weighted by atomic mass is 9.33. The van der Waals surface area contributed by atoms with E-state index in [2.05, 4.69) is 54.5 Å². The van der Waals surface area contributed by atoms with Crippen LogP contribution in [0.15, 0.2) is 11.6 Å². The van der Waals surface area contributed by atoms with E-state index in [4.69, 9.17) is 14.2 Å². The number of aliphatic hydroxyl groups is 4. The van der Waals surface area contributed by atoms with Gasteiger partial charge in [-0.2, -0.15) is 0 Å². The molecule has 0 spiro atoms. The van der Waals surface area contributed by atoms with E-state index in [0.717, 1.165) is 64.2 Å². The van der Waals surface area contributed by atoms with E-state index in [1.807, 2.05) is 0 Å². The molecule has 8 nitrogen and oxygen atoms in total. The van der Waals surface area contributed by atoms with E-state index in [1.165, 1.54) is 5.57 Å². The molecule has 1 saturated heterocycles. The van der Waals surface area contributed by atoms with Crippen molar-refractivity contribution >= 4 is 5.97 Å². The minimum Gasteiger partial charge on any atom is -0.469 e. The number of carbonyl (C=O) groups is 1. The zero-order valence-electron chi connectivity index (χ0n) is 29.0.